The van der Waals surface area contributed by atoms with E-state index < -0.39 is 14.8 Å². The number of hydrogen-bond acceptors (Lipinski definition) is 8. The van der Waals surface area contributed by atoms with Gasteiger partial charge >= 0.3 is 0 Å². The number of sulfone groups is 1. The van der Waals surface area contributed by atoms with Crippen LogP contribution in [-0.4, -0.2) is 48.1 Å². The van der Waals surface area contributed by atoms with Crippen LogP contribution >= 0.6 is 0 Å². The summed E-state index contributed by atoms with van der Waals surface area (Å²) < 4.78 is 28.4. The predicted octanol–water partition coefficient (Wildman–Crippen LogP) is 1.36. The highest BCUT2D eigenvalue weighted by Crippen LogP contribution is 2.27. The van der Waals surface area contributed by atoms with Crippen molar-refractivity contribution in [3.8, 4) is 5.75 Å². The highest BCUT2D eigenvalue weighted by molar-refractivity contribution is 7.90. The summed E-state index contributed by atoms with van der Waals surface area (Å²) in [5, 5.41) is 10.7. The summed E-state index contributed by atoms with van der Waals surface area (Å²) in [4.78, 5) is 20.7. The lowest BCUT2D eigenvalue weighted by molar-refractivity contribution is -0.384. The number of aromatic nitrogens is 2. The first kappa shape index (κ1) is 18.2. The van der Waals surface area contributed by atoms with E-state index in [1.807, 2.05) is 0 Å². The SMILES string of the molecule is COc1cc([N+](=O)[O-])ccc1CN1CCc2nc(S(C)(=O)=O)ncc2C1. The zero-order chi connectivity index (χ0) is 18.9. The van der Waals surface area contributed by atoms with Crippen molar-refractivity contribution in [2.24, 2.45) is 0 Å². The average molecular weight is 378 g/mol. The lowest BCUT2D eigenvalue weighted by Crippen LogP contribution is -2.31. The molecule has 0 spiro atoms. The first-order valence-electron chi connectivity index (χ1n) is 7.86. The number of nitro groups is 1. The molecule has 9 nitrogen and oxygen atoms in total. The van der Waals surface area contributed by atoms with E-state index in [2.05, 4.69) is 14.9 Å². The summed E-state index contributed by atoms with van der Waals surface area (Å²) in [5.74, 6) is 0.466. The van der Waals surface area contributed by atoms with Crippen LogP contribution in [0.3, 0.4) is 0 Å². The smallest absolute Gasteiger partial charge is 0.273 e. The van der Waals surface area contributed by atoms with Crippen LogP contribution < -0.4 is 4.74 Å². The second kappa shape index (κ2) is 6.96. The quantitative estimate of drug-likeness (QED) is 0.435. The molecule has 0 aliphatic carbocycles. The number of rotatable bonds is 5. The van der Waals surface area contributed by atoms with Crippen molar-refractivity contribution in [3.63, 3.8) is 0 Å². The van der Waals surface area contributed by atoms with Crippen LogP contribution in [0.25, 0.3) is 0 Å². The number of hydrogen-bond donors (Lipinski definition) is 0. The molecule has 1 aliphatic heterocycles. The van der Waals surface area contributed by atoms with Gasteiger partial charge in [0.05, 0.1) is 23.8 Å². The molecular weight excluding hydrogens is 360 g/mol. The molecule has 0 N–H and O–H groups in total. The molecule has 0 amide bonds. The van der Waals surface area contributed by atoms with Gasteiger partial charge in [-0.1, -0.05) is 0 Å². The lowest BCUT2D eigenvalue weighted by atomic mass is 10.1. The third kappa shape index (κ3) is 3.81. The molecule has 1 aromatic heterocycles. The molecule has 0 saturated carbocycles. The zero-order valence-corrected chi connectivity index (χ0v) is 15.2. The Bertz CT molecular complexity index is 961. The van der Waals surface area contributed by atoms with Crippen molar-refractivity contribution < 1.29 is 18.1 Å². The standard InChI is InChI=1S/C16H18N4O5S/c1-25-15-7-13(20(21)22)4-3-11(15)9-19-6-5-14-12(10-19)8-17-16(18-14)26(2,23)24/h3-4,7-8H,5-6,9-10H2,1-2H3. The largest absolute Gasteiger partial charge is 0.496 e. The van der Waals surface area contributed by atoms with Crippen LogP contribution in [0.4, 0.5) is 5.69 Å². The topological polar surface area (TPSA) is 116 Å². The first-order chi connectivity index (χ1) is 12.3. The third-order valence-electron chi connectivity index (χ3n) is 4.20. The van der Waals surface area contributed by atoms with Gasteiger partial charge in [0.2, 0.25) is 15.0 Å². The van der Waals surface area contributed by atoms with Gasteiger partial charge in [0.25, 0.3) is 5.69 Å². The molecule has 0 saturated heterocycles. The molecule has 3 rings (SSSR count). The van der Waals surface area contributed by atoms with Gasteiger partial charge in [0, 0.05) is 55.7 Å². The number of methoxy groups -OCH3 is 1. The summed E-state index contributed by atoms with van der Waals surface area (Å²) in [5.41, 5.74) is 2.45. The molecule has 2 heterocycles. The van der Waals surface area contributed by atoms with Crippen LogP contribution in [0.1, 0.15) is 16.8 Å². The molecule has 10 heteroatoms. The second-order valence-corrected chi connectivity index (χ2v) is 8.02. The van der Waals surface area contributed by atoms with E-state index in [9.17, 15) is 18.5 Å². The molecule has 2 aromatic rings. The van der Waals surface area contributed by atoms with Crippen LogP contribution in [0.15, 0.2) is 29.6 Å². The van der Waals surface area contributed by atoms with Gasteiger partial charge in [-0.2, -0.15) is 0 Å². The van der Waals surface area contributed by atoms with E-state index in [4.69, 9.17) is 4.74 Å². The summed E-state index contributed by atoms with van der Waals surface area (Å²) in [6.45, 7) is 1.81. The maximum atomic E-state index is 11.6. The number of nitrogens with zero attached hydrogens (tertiary/aromatic N) is 4. The van der Waals surface area contributed by atoms with Gasteiger partial charge < -0.3 is 4.74 Å². The highest BCUT2D eigenvalue weighted by Gasteiger charge is 2.22. The maximum absolute atomic E-state index is 11.6. The van der Waals surface area contributed by atoms with E-state index in [-0.39, 0.29) is 10.8 Å². The van der Waals surface area contributed by atoms with E-state index in [1.165, 1.54) is 19.2 Å². The van der Waals surface area contributed by atoms with Crippen LogP contribution in [0.2, 0.25) is 0 Å². The lowest BCUT2D eigenvalue weighted by Gasteiger charge is -2.28. The Balaban J connectivity index is 1.79. The van der Waals surface area contributed by atoms with Crippen molar-refractivity contribution in [1.82, 2.24) is 14.9 Å². The van der Waals surface area contributed by atoms with Crippen molar-refractivity contribution in [1.29, 1.82) is 0 Å². The monoisotopic (exact) mass is 378 g/mol. The fourth-order valence-corrected chi connectivity index (χ4v) is 3.41. The van der Waals surface area contributed by atoms with Gasteiger partial charge in [-0.15, -0.1) is 0 Å². The highest BCUT2D eigenvalue weighted by atomic mass is 32.2. The van der Waals surface area contributed by atoms with Gasteiger partial charge in [0.15, 0.2) is 0 Å². The molecule has 1 aromatic carbocycles. The molecule has 0 unspecified atom stereocenters. The number of benzene rings is 1. The Kier molecular flexibility index (Phi) is 4.88. The van der Waals surface area contributed by atoms with E-state index in [1.54, 1.807) is 12.3 Å². The van der Waals surface area contributed by atoms with E-state index >= 15 is 0 Å². The predicted molar refractivity (Wildman–Crippen MR) is 92.6 cm³/mol. The normalized spacial score (nSPS) is 14.7. The van der Waals surface area contributed by atoms with Crippen LogP contribution in [0, 0.1) is 10.1 Å². The number of non-ortho nitro benzene ring substituents is 1. The molecule has 138 valence electrons. The summed E-state index contributed by atoms with van der Waals surface area (Å²) in [6.07, 6.45) is 3.25. The fourth-order valence-electron chi connectivity index (χ4n) is 2.89. The zero-order valence-electron chi connectivity index (χ0n) is 14.4. The first-order valence-corrected chi connectivity index (χ1v) is 9.75. The Morgan fingerprint density at radius 3 is 2.81 bits per heavy atom. The minimum Gasteiger partial charge on any atom is -0.496 e. The average Bonchev–Trinajstić information content (AvgIpc) is 2.60. The van der Waals surface area contributed by atoms with Crippen LogP contribution in [-0.2, 0) is 29.3 Å². The number of fused-ring (bicyclic) bond motifs is 1. The van der Waals surface area contributed by atoms with E-state index in [0.29, 0.717) is 31.8 Å². The van der Waals surface area contributed by atoms with Gasteiger partial charge in [-0.3, -0.25) is 15.0 Å². The molecule has 26 heavy (non-hydrogen) atoms. The molecule has 1 aliphatic rings. The maximum Gasteiger partial charge on any atom is 0.273 e. The second-order valence-electron chi connectivity index (χ2n) is 6.11. The molecule has 0 radical (unpaired) electrons. The van der Waals surface area contributed by atoms with Crippen molar-refractivity contribution in [2.75, 3.05) is 19.9 Å². The van der Waals surface area contributed by atoms with Crippen molar-refractivity contribution in [3.05, 3.63) is 51.3 Å². The summed E-state index contributed by atoms with van der Waals surface area (Å²) >= 11 is 0. The summed E-state index contributed by atoms with van der Waals surface area (Å²) in [6, 6.07) is 4.56. The molecule has 0 bridgehead atoms. The number of ether oxygens (including phenoxy) is 1. The number of nitro benzene ring substituents is 1. The van der Waals surface area contributed by atoms with Crippen molar-refractivity contribution in [2.45, 2.75) is 24.7 Å². The summed E-state index contributed by atoms with van der Waals surface area (Å²) in [7, 11) is -1.95. The Morgan fingerprint density at radius 1 is 1.38 bits per heavy atom. The Hall–Kier alpha value is -2.59. The molecule has 0 atom stereocenters. The Morgan fingerprint density at radius 2 is 2.15 bits per heavy atom. The van der Waals surface area contributed by atoms with Gasteiger partial charge in [-0.05, 0) is 6.07 Å². The Labute approximate surface area is 150 Å². The fraction of sp³-hybridized carbons (Fsp3) is 0.375. The molecular formula is C16H18N4O5S. The van der Waals surface area contributed by atoms with Gasteiger partial charge in [0.1, 0.15) is 5.75 Å². The minimum atomic E-state index is -3.43. The minimum absolute atomic E-state index is 0.0173. The van der Waals surface area contributed by atoms with Crippen LogP contribution in [0.5, 0.6) is 5.75 Å². The third-order valence-corrected chi connectivity index (χ3v) is 5.06. The van der Waals surface area contributed by atoms with E-state index in [0.717, 1.165) is 23.1 Å². The molecule has 0 fully saturated rings. The van der Waals surface area contributed by atoms with Gasteiger partial charge in [-0.25, -0.2) is 18.4 Å². The van der Waals surface area contributed by atoms with Crippen molar-refractivity contribution >= 4 is 15.5 Å².